The average molecular weight is 382 g/mol. The molecule has 3 N–H and O–H groups in total. The first-order valence-electron chi connectivity index (χ1n) is 7.69. The van der Waals surface area contributed by atoms with Crippen molar-refractivity contribution in [3.05, 3.63) is 35.6 Å². The molecular formula is C16H26Cl2FN3O2. The summed E-state index contributed by atoms with van der Waals surface area (Å²) in [4.78, 5) is 14.5. The van der Waals surface area contributed by atoms with Gasteiger partial charge < -0.3 is 15.8 Å². The zero-order valence-electron chi connectivity index (χ0n) is 13.7. The number of halogens is 3. The lowest BCUT2D eigenvalue weighted by Crippen LogP contribution is -2.46. The largest absolute Gasteiger partial charge is 0.379 e. The van der Waals surface area contributed by atoms with Gasteiger partial charge in [0.1, 0.15) is 11.9 Å². The third kappa shape index (κ3) is 6.53. The summed E-state index contributed by atoms with van der Waals surface area (Å²) in [7, 11) is 0. The Labute approximate surface area is 154 Å². The first-order chi connectivity index (χ1) is 10.6. The molecule has 1 saturated heterocycles. The van der Waals surface area contributed by atoms with E-state index in [4.69, 9.17) is 10.5 Å². The Morgan fingerprint density at radius 3 is 2.54 bits per heavy atom. The van der Waals surface area contributed by atoms with E-state index in [1.165, 1.54) is 6.07 Å². The molecule has 2 atom stereocenters. The van der Waals surface area contributed by atoms with Crippen LogP contribution in [-0.2, 0) is 9.53 Å². The van der Waals surface area contributed by atoms with Crippen LogP contribution in [-0.4, -0.2) is 49.7 Å². The average Bonchev–Trinajstić information content (AvgIpc) is 2.50. The summed E-state index contributed by atoms with van der Waals surface area (Å²) >= 11 is 0. The third-order valence-electron chi connectivity index (χ3n) is 3.76. The van der Waals surface area contributed by atoms with E-state index in [2.05, 4.69) is 5.32 Å². The van der Waals surface area contributed by atoms with Crippen LogP contribution in [0.25, 0.3) is 0 Å². The molecule has 1 aromatic rings. The molecule has 1 amide bonds. The summed E-state index contributed by atoms with van der Waals surface area (Å²) in [5.41, 5.74) is 6.10. The predicted octanol–water partition coefficient (Wildman–Crippen LogP) is 1.90. The molecule has 24 heavy (non-hydrogen) atoms. The Hall–Kier alpha value is -0.920. The lowest BCUT2D eigenvalue weighted by molar-refractivity contribution is -0.128. The van der Waals surface area contributed by atoms with Crippen LogP contribution in [0.3, 0.4) is 0 Å². The van der Waals surface area contributed by atoms with Crippen LogP contribution in [0.2, 0.25) is 0 Å². The number of nitrogens with one attached hydrogen (secondary N) is 1. The van der Waals surface area contributed by atoms with Gasteiger partial charge in [-0.05, 0) is 19.4 Å². The van der Waals surface area contributed by atoms with Gasteiger partial charge in [-0.1, -0.05) is 18.2 Å². The summed E-state index contributed by atoms with van der Waals surface area (Å²) in [6.07, 6.45) is 0.693. The molecule has 2 rings (SSSR count). The molecule has 5 nitrogen and oxygen atoms in total. The first-order valence-corrected chi connectivity index (χ1v) is 7.69. The zero-order chi connectivity index (χ0) is 15.9. The number of amides is 1. The number of nitrogens with two attached hydrogens (primary N) is 1. The fourth-order valence-corrected chi connectivity index (χ4v) is 2.56. The molecule has 0 aliphatic carbocycles. The third-order valence-corrected chi connectivity index (χ3v) is 3.76. The van der Waals surface area contributed by atoms with Gasteiger partial charge in [-0.15, -0.1) is 24.8 Å². The molecule has 0 saturated carbocycles. The van der Waals surface area contributed by atoms with E-state index in [1.807, 2.05) is 11.8 Å². The number of carbonyl (C=O) groups excluding carboxylic acids is 1. The number of morpholine rings is 1. The summed E-state index contributed by atoms with van der Waals surface area (Å²) in [6, 6.07) is 5.83. The Morgan fingerprint density at radius 1 is 1.33 bits per heavy atom. The second kappa shape index (κ2) is 11.6. The van der Waals surface area contributed by atoms with E-state index >= 15 is 0 Å². The quantitative estimate of drug-likeness (QED) is 0.789. The molecule has 0 radical (unpaired) electrons. The number of hydrogen-bond acceptors (Lipinski definition) is 4. The number of nitrogens with zero attached hydrogens (tertiary/aromatic N) is 1. The van der Waals surface area contributed by atoms with Gasteiger partial charge in [0.25, 0.3) is 0 Å². The Morgan fingerprint density at radius 2 is 1.96 bits per heavy atom. The number of benzene rings is 1. The fraction of sp³-hybridized carbons (Fsp3) is 0.562. The number of carbonyl (C=O) groups is 1. The molecule has 1 heterocycles. The van der Waals surface area contributed by atoms with Crippen molar-refractivity contribution in [1.29, 1.82) is 0 Å². The highest BCUT2D eigenvalue weighted by Gasteiger charge is 2.30. The van der Waals surface area contributed by atoms with E-state index < -0.39 is 6.04 Å². The molecule has 2 unspecified atom stereocenters. The summed E-state index contributed by atoms with van der Waals surface area (Å²) < 4.78 is 19.5. The number of rotatable bonds is 6. The lowest BCUT2D eigenvalue weighted by Gasteiger charge is -2.34. The van der Waals surface area contributed by atoms with Crippen LogP contribution in [0.1, 0.15) is 24.9 Å². The molecule has 1 aliphatic heterocycles. The molecular weight excluding hydrogens is 356 g/mol. The fourth-order valence-electron chi connectivity index (χ4n) is 2.56. The van der Waals surface area contributed by atoms with Crippen molar-refractivity contribution < 1.29 is 13.9 Å². The van der Waals surface area contributed by atoms with Crippen molar-refractivity contribution in [2.24, 2.45) is 5.73 Å². The monoisotopic (exact) mass is 381 g/mol. The van der Waals surface area contributed by atoms with Crippen molar-refractivity contribution in [3.8, 4) is 0 Å². The zero-order valence-corrected chi connectivity index (χ0v) is 15.4. The maximum Gasteiger partial charge on any atom is 0.242 e. The van der Waals surface area contributed by atoms with Gasteiger partial charge in [-0.2, -0.15) is 0 Å². The van der Waals surface area contributed by atoms with E-state index in [1.54, 1.807) is 18.2 Å². The molecule has 1 fully saturated rings. The van der Waals surface area contributed by atoms with Gasteiger partial charge >= 0.3 is 0 Å². The highest BCUT2D eigenvalue weighted by atomic mass is 35.5. The molecule has 1 aliphatic rings. The molecule has 0 aromatic heterocycles. The van der Waals surface area contributed by atoms with E-state index in [9.17, 15) is 9.18 Å². The van der Waals surface area contributed by atoms with Crippen molar-refractivity contribution in [2.75, 3.05) is 32.8 Å². The first kappa shape index (κ1) is 23.1. The van der Waals surface area contributed by atoms with Crippen molar-refractivity contribution in [3.63, 3.8) is 0 Å². The summed E-state index contributed by atoms with van der Waals surface area (Å²) in [5.74, 6) is -0.547. The van der Waals surface area contributed by atoms with Gasteiger partial charge in [0.05, 0.1) is 13.2 Å². The van der Waals surface area contributed by atoms with Gasteiger partial charge in [0.2, 0.25) is 5.91 Å². The number of hydrogen-bond donors (Lipinski definition) is 2. The van der Waals surface area contributed by atoms with Crippen molar-refractivity contribution in [2.45, 2.75) is 25.4 Å². The van der Waals surface area contributed by atoms with E-state index in [-0.39, 0.29) is 42.6 Å². The summed E-state index contributed by atoms with van der Waals surface area (Å²) in [5, 5.41) is 2.87. The van der Waals surface area contributed by atoms with Gasteiger partial charge in [0, 0.05) is 31.2 Å². The number of ether oxygens (including phenoxy) is 1. The molecule has 0 bridgehead atoms. The highest BCUT2D eigenvalue weighted by molar-refractivity contribution is 5.85. The van der Waals surface area contributed by atoms with Crippen LogP contribution < -0.4 is 11.1 Å². The minimum Gasteiger partial charge on any atom is -0.379 e. The van der Waals surface area contributed by atoms with E-state index in [0.717, 1.165) is 0 Å². The smallest absolute Gasteiger partial charge is 0.242 e. The predicted molar refractivity (Wildman–Crippen MR) is 97.3 cm³/mol. The molecule has 1 aromatic carbocycles. The minimum absolute atomic E-state index is 0. The maximum atomic E-state index is 14.1. The standard InChI is InChI=1S/C16H24FN3O2.2ClH/c1-12(18)6-7-19-16(21)15(20-8-10-22-11-9-20)13-4-2-3-5-14(13)17;;/h2-5,12,15H,6-11,18H2,1H3,(H,19,21);2*1H. The molecule has 138 valence electrons. The van der Waals surface area contributed by atoms with Crippen molar-refractivity contribution in [1.82, 2.24) is 10.2 Å². The van der Waals surface area contributed by atoms with Crippen LogP contribution in [0.4, 0.5) is 4.39 Å². The van der Waals surface area contributed by atoms with Crippen LogP contribution in [0, 0.1) is 5.82 Å². The van der Waals surface area contributed by atoms with E-state index in [0.29, 0.717) is 44.8 Å². The van der Waals surface area contributed by atoms with Gasteiger partial charge in [-0.25, -0.2) is 4.39 Å². The minimum atomic E-state index is -0.627. The topological polar surface area (TPSA) is 67.6 Å². The van der Waals surface area contributed by atoms with Crippen LogP contribution in [0.5, 0.6) is 0 Å². The SMILES string of the molecule is CC(N)CCNC(=O)C(c1ccccc1F)N1CCOCC1.Cl.Cl. The molecule has 8 heteroatoms. The Balaban J connectivity index is 0.00000264. The lowest BCUT2D eigenvalue weighted by atomic mass is 10.0. The highest BCUT2D eigenvalue weighted by Crippen LogP contribution is 2.24. The van der Waals surface area contributed by atoms with Crippen LogP contribution >= 0.6 is 24.8 Å². The Kier molecular flexibility index (Phi) is 11.2. The normalized spacial score (nSPS) is 17.1. The van der Waals surface area contributed by atoms with Crippen molar-refractivity contribution >= 4 is 30.7 Å². The van der Waals surface area contributed by atoms with Gasteiger partial charge in [0.15, 0.2) is 0 Å². The Bertz CT molecular complexity index is 500. The summed E-state index contributed by atoms with van der Waals surface area (Å²) in [6.45, 7) is 4.71. The molecule has 0 spiro atoms. The second-order valence-corrected chi connectivity index (χ2v) is 5.63. The van der Waals surface area contributed by atoms with Gasteiger partial charge in [-0.3, -0.25) is 9.69 Å². The van der Waals surface area contributed by atoms with Crippen LogP contribution in [0.15, 0.2) is 24.3 Å². The maximum absolute atomic E-state index is 14.1. The second-order valence-electron chi connectivity index (χ2n) is 5.63.